The third kappa shape index (κ3) is 5.18. The lowest BCUT2D eigenvalue weighted by Gasteiger charge is -2.46. The predicted octanol–water partition coefficient (Wildman–Crippen LogP) is 4.38. The Hall–Kier alpha value is -3.45. The lowest BCUT2D eigenvalue weighted by Crippen LogP contribution is -2.57. The molecule has 5 rings (SSSR count). The van der Waals surface area contributed by atoms with Crippen molar-refractivity contribution in [1.82, 2.24) is 20.4 Å². The number of para-hydroxylation sites is 1. The standard InChI is InChI=1S/C30H37N5O2/c1-2-18-35(24-12-16-31-17-13-24)29(37)30(23-8-4-3-5-9-23)14-19-34(20-15-30)25-21-27(33-32-22-25)26-10-6-7-11-28(26)36/h3-11,21-22,24,31,36H,2,12-20H2,1H3. The van der Waals surface area contributed by atoms with Crippen LogP contribution < -0.4 is 10.2 Å². The summed E-state index contributed by atoms with van der Waals surface area (Å²) in [6, 6.07) is 19.9. The zero-order valence-electron chi connectivity index (χ0n) is 21.6. The van der Waals surface area contributed by atoms with E-state index in [0.29, 0.717) is 17.3 Å². The van der Waals surface area contributed by atoms with E-state index in [1.165, 1.54) is 0 Å². The fourth-order valence-corrected chi connectivity index (χ4v) is 5.97. The number of aromatic hydroxyl groups is 1. The van der Waals surface area contributed by atoms with Crippen molar-refractivity contribution in [3.63, 3.8) is 0 Å². The van der Waals surface area contributed by atoms with Gasteiger partial charge >= 0.3 is 0 Å². The van der Waals surface area contributed by atoms with Crippen LogP contribution in [0, 0.1) is 0 Å². The maximum atomic E-state index is 14.5. The lowest BCUT2D eigenvalue weighted by molar-refractivity contribution is -0.141. The summed E-state index contributed by atoms with van der Waals surface area (Å²) in [6.07, 6.45) is 6.26. The Labute approximate surface area is 219 Å². The van der Waals surface area contributed by atoms with Gasteiger partial charge in [-0.3, -0.25) is 4.79 Å². The van der Waals surface area contributed by atoms with Gasteiger partial charge in [0.2, 0.25) is 5.91 Å². The Morgan fingerprint density at radius 3 is 2.49 bits per heavy atom. The summed E-state index contributed by atoms with van der Waals surface area (Å²) < 4.78 is 0. The van der Waals surface area contributed by atoms with E-state index in [9.17, 15) is 9.90 Å². The number of anilines is 1. The van der Waals surface area contributed by atoms with Crippen molar-refractivity contribution in [2.45, 2.75) is 50.5 Å². The summed E-state index contributed by atoms with van der Waals surface area (Å²) in [7, 11) is 0. The van der Waals surface area contributed by atoms with Gasteiger partial charge in [0.05, 0.1) is 23.0 Å². The largest absolute Gasteiger partial charge is 0.507 e. The van der Waals surface area contributed by atoms with Crippen LogP contribution in [-0.2, 0) is 10.2 Å². The van der Waals surface area contributed by atoms with Gasteiger partial charge in [-0.15, -0.1) is 0 Å². The molecule has 3 heterocycles. The highest BCUT2D eigenvalue weighted by molar-refractivity contribution is 5.89. The smallest absolute Gasteiger partial charge is 0.233 e. The number of carbonyl (C=O) groups excluding carboxylic acids is 1. The lowest BCUT2D eigenvalue weighted by atomic mass is 9.71. The number of carbonyl (C=O) groups is 1. The molecule has 1 amide bonds. The number of phenolic OH excluding ortho intramolecular Hbond substituents is 1. The van der Waals surface area contributed by atoms with Crippen LogP contribution in [0.1, 0.15) is 44.6 Å². The van der Waals surface area contributed by atoms with Crippen LogP contribution in [-0.4, -0.2) is 64.9 Å². The number of amides is 1. The number of nitrogens with zero attached hydrogens (tertiary/aromatic N) is 4. The SMILES string of the molecule is CCCN(C(=O)C1(c2ccccc2)CCN(c2cnnc(-c3ccccc3O)c2)CC1)C1CCNCC1. The third-order valence-electron chi connectivity index (χ3n) is 8.01. The zero-order chi connectivity index (χ0) is 25.7. The average molecular weight is 500 g/mol. The molecule has 0 saturated carbocycles. The predicted molar refractivity (Wildman–Crippen MR) is 147 cm³/mol. The molecule has 0 radical (unpaired) electrons. The van der Waals surface area contributed by atoms with Gasteiger partial charge in [-0.05, 0) is 69.0 Å². The maximum absolute atomic E-state index is 14.5. The fourth-order valence-electron chi connectivity index (χ4n) is 5.97. The third-order valence-corrected chi connectivity index (χ3v) is 8.01. The molecule has 2 N–H and O–H groups in total. The van der Waals surface area contributed by atoms with Crippen LogP contribution in [0.2, 0.25) is 0 Å². The van der Waals surface area contributed by atoms with Crippen LogP contribution in [0.4, 0.5) is 5.69 Å². The van der Waals surface area contributed by atoms with Crippen molar-refractivity contribution in [1.29, 1.82) is 0 Å². The zero-order valence-corrected chi connectivity index (χ0v) is 21.6. The summed E-state index contributed by atoms with van der Waals surface area (Å²) in [6.45, 7) is 6.41. The van der Waals surface area contributed by atoms with E-state index < -0.39 is 5.41 Å². The molecule has 0 bridgehead atoms. The average Bonchev–Trinajstić information content (AvgIpc) is 2.97. The van der Waals surface area contributed by atoms with Crippen molar-refractivity contribution >= 4 is 11.6 Å². The summed E-state index contributed by atoms with van der Waals surface area (Å²) in [5.41, 5.74) is 2.87. The van der Waals surface area contributed by atoms with Gasteiger partial charge in [0.1, 0.15) is 5.75 Å². The number of hydrogen-bond donors (Lipinski definition) is 2. The maximum Gasteiger partial charge on any atom is 0.233 e. The fraction of sp³-hybridized carbons (Fsp3) is 0.433. The normalized spacial score (nSPS) is 17.9. The Morgan fingerprint density at radius 1 is 1.08 bits per heavy atom. The summed E-state index contributed by atoms with van der Waals surface area (Å²) in [5, 5.41) is 22.2. The number of nitrogens with one attached hydrogen (secondary N) is 1. The van der Waals surface area contributed by atoms with Gasteiger partial charge < -0.3 is 20.2 Å². The number of hydrogen-bond acceptors (Lipinski definition) is 6. The van der Waals surface area contributed by atoms with Gasteiger partial charge in [-0.1, -0.05) is 49.4 Å². The minimum absolute atomic E-state index is 0.190. The second-order valence-corrected chi connectivity index (χ2v) is 10.2. The second kappa shape index (κ2) is 11.3. The van der Waals surface area contributed by atoms with Crippen LogP contribution in [0.5, 0.6) is 5.75 Å². The summed E-state index contributed by atoms with van der Waals surface area (Å²) >= 11 is 0. The number of benzene rings is 2. The molecular formula is C30H37N5O2. The Bertz CT molecular complexity index is 1190. The Morgan fingerprint density at radius 2 is 1.78 bits per heavy atom. The van der Waals surface area contributed by atoms with Crippen molar-refractivity contribution in [3.05, 3.63) is 72.4 Å². The number of rotatable bonds is 7. The van der Waals surface area contributed by atoms with Crippen molar-refractivity contribution in [2.75, 3.05) is 37.6 Å². The summed E-state index contributed by atoms with van der Waals surface area (Å²) in [5.74, 6) is 0.477. The van der Waals surface area contributed by atoms with Gasteiger partial charge in [0.25, 0.3) is 0 Å². The van der Waals surface area contributed by atoms with Crippen LogP contribution in [0.15, 0.2) is 66.9 Å². The summed E-state index contributed by atoms with van der Waals surface area (Å²) in [4.78, 5) is 19.0. The van der Waals surface area contributed by atoms with Crippen LogP contribution in [0.25, 0.3) is 11.3 Å². The molecular weight excluding hydrogens is 462 g/mol. The van der Waals surface area contributed by atoms with Crippen LogP contribution >= 0.6 is 0 Å². The molecule has 2 aliphatic heterocycles. The van der Waals surface area contributed by atoms with E-state index in [1.54, 1.807) is 18.3 Å². The first-order valence-electron chi connectivity index (χ1n) is 13.6. The van der Waals surface area contributed by atoms with Crippen molar-refractivity contribution < 1.29 is 9.90 Å². The van der Waals surface area contributed by atoms with Crippen molar-refractivity contribution in [2.24, 2.45) is 0 Å². The minimum Gasteiger partial charge on any atom is -0.507 e. The first-order valence-corrected chi connectivity index (χ1v) is 13.6. The van der Waals surface area contributed by atoms with E-state index in [1.807, 2.05) is 24.3 Å². The van der Waals surface area contributed by atoms with Gasteiger partial charge in [-0.25, -0.2) is 0 Å². The van der Waals surface area contributed by atoms with Crippen molar-refractivity contribution in [3.8, 4) is 17.0 Å². The molecule has 2 aromatic carbocycles. The van der Waals surface area contributed by atoms with E-state index in [-0.39, 0.29) is 11.7 Å². The molecule has 2 fully saturated rings. The first kappa shape index (κ1) is 25.2. The second-order valence-electron chi connectivity index (χ2n) is 10.2. The molecule has 0 spiro atoms. The molecule has 194 valence electrons. The molecule has 7 heteroatoms. The molecule has 1 aromatic heterocycles. The highest BCUT2D eigenvalue weighted by atomic mass is 16.3. The van der Waals surface area contributed by atoms with Gasteiger partial charge in [0.15, 0.2) is 0 Å². The number of phenols is 1. The minimum atomic E-state index is -0.529. The molecule has 0 aliphatic carbocycles. The van der Waals surface area contributed by atoms with Gasteiger partial charge in [0, 0.05) is 31.2 Å². The highest BCUT2D eigenvalue weighted by Crippen LogP contribution is 2.40. The van der Waals surface area contributed by atoms with E-state index in [0.717, 1.165) is 76.1 Å². The first-order chi connectivity index (χ1) is 18.1. The topological polar surface area (TPSA) is 81.6 Å². The van der Waals surface area contributed by atoms with Crippen LogP contribution in [0.3, 0.4) is 0 Å². The monoisotopic (exact) mass is 499 g/mol. The molecule has 2 aliphatic rings. The molecule has 3 aromatic rings. The van der Waals surface area contributed by atoms with E-state index in [2.05, 4.69) is 56.5 Å². The molecule has 37 heavy (non-hydrogen) atoms. The molecule has 2 saturated heterocycles. The van der Waals surface area contributed by atoms with E-state index >= 15 is 0 Å². The molecule has 0 unspecified atom stereocenters. The Kier molecular flexibility index (Phi) is 7.70. The molecule has 0 atom stereocenters. The van der Waals surface area contributed by atoms with E-state index in [4.69, 9.17) is 0 Å². The number of piperidine rings is 2. The quantitative estimate of drug-likeness (QED) is 0.502. The number of aromatic nitrogens is 2. The Balaban J connectivity index is 1.42. The van der Waals surface area contributed by atoms with Gasteiger partial charge in [-0.2, -0.15) is 10.2 Å². The highest BCUT2D eigenvalue weighted by Gasteiger charge is 2.46. The molecule has 7 nitrogen and oxygen atoms in total.